The molecular formula is C20H25F2NO3. The molecule has 1 aromatic carbocycles. The Morgan fingerprint density at radius 1 is 1.35 bits per heavy atom. The molecule has 1 fully saturated rings. The molecule has 1 aliphatic carbocycles. The zero-order chi connectivity index (χ0) is 19.2. The van der Waals surface area contributed by atoms with E-state index in [0.717, 1.165) is 31.7 Å². The summed E-state index contributed by atoms with van der Waals surface area (Å²) in [5.41, 5.74) is -0.135. The molecule has 0 aromatic heterocycles. The first kappa shape index (κ1) is 18.8. The van der Waals surface area contributed by atoms with Gasteiger partial charge in [0.2, 0.25) is 0 Å². The second-order valence-electron chi connectivity index (χ2n) is 7.70. The summed E-state index contributed by atoms with van der Waals surface area (Å²) in [6.45, 7) is 7.93. The summed E-state index contributed by atoms with van der Waals surface area (Å²) in [6, 6.07) is 1.01. The molecule has 1 aliphatic heterocycles. The van der Waals surface area contributed by atoms with Gasteiger partial charge in [-0.05, 0) is 62.5 Å². The lowest BCUT2D eigenvalue weighted by Crippen LogP contribution is -2.38. The van der Waals surface area contributed by atoms with Gasteiger partial charge in [-0.2, -0.15) is 0 Å². The number of carbonyl (C=O) groups excluding carboxylic acids is 1. The molecule has 0 spiro atoms. The first-order valence-electron chi connectivity index (χ1n) is 9.10. The largest absolute Gasteiger partial charge is 0.503 e. The van der Waals surface area contributed by atoms with Gasteiger partial charge < -0.3 is 15.1 Å². The second kappa shape index (κ2) is 6.65. The number of hydrogen-bond acceptors (Lipinski definition) is 3. The molecule has 6 heteroatoms. The number of hydrogen-bond donors (Lipinski definition) is 2. The molecule has 1 aromatic rings. The van der Waals surface area contributed by atoms with E-state index in [-0.39, 0.29) is 29.5 Å². The molecular weight excluding hydrogens is 340 g/mol. The minimum atomic E-state index is -1.21. The van der Waals surface area contributed by atoms with E-state index >= 15 is 0 Å². The maximum absolute atomic E-state index is 14.1. The van der Waals surface area contributed by atoms with E-state index in [1.165, 1.54) is 4.90 Å². The number of benzene rings is 1. The summed E-state index contributed by atoms with van der Waals surface area (Å²) >= 11 is 0. The van der Waals surface area contributed by atoms with Crippen LogP contribution in [0.25, 0.3) is 0 Å². The number of carbonyl (C=O) groups is 1. The first-order chi connectivity index (χ1) is 12.2. The van der Waals surface area contributed by atoms with E-state index in [0.29, 0.717) is 12.1 Å². The number of aromatic hydroxyl groups is 1. The van der Waals surface area contributed by atoms with Crippen LogP contribution in [0, 0.1) is 23.5 Å². The molecule has 0 radical (unpaired) electrons. The van der Waals surface area contributed by atoms with Gasteiger partial charge in [0.15, 0.2) is 17.4 Å². The normalized spacial score (nSPS) is 25.1. The van der Waals surface area contributed by atoms with E-state index in [9.17, 15) is 23.8 Å². The van der Waals surface area contributed by atoms with Crippen LogP contribution >= 0.6 is 0 Å². The summed E-state index contributed by atoms with van der Waals surface area (Å²) in [5, 5.41) is 19.9. The van der Waals surface area contributed by atoms with Crippen molar-refractivity contribution in [3.8, 4) is 5.75 Å². The van der Waals surface area contributed by atoms with E-state index in [2.05, 4.69) is 6.58 Å². The quantitative estimate of drug-likeness (QED) is 0.844. The fourth-order valence-corrected chi connectivity index (χ4v) is 4.18. The molecule has 4 nitrogen and oxygen atoms in total. The summed E-state index contributed by atoms with van der Waals surface area (Å²) in [6.07, 6.45) is 3.95. The van der Waals surface area contributed by atoms with Crippen molar-refractivity contribution >= 4 is 5.91 Å². The van der Waals surface area contributed by atoms with Crippen LogP contribution in [0.15, 0.2) is 18.3 Å². The van der Waals surface area contributed by atoms with Gasteiger partial charge in [-0.3, -0.25) is 4.79 Å². The maximum atomic E-state index is 14.1. The monoisotopic (exact) mass is 365 g/mol. The number of aliphatic hydroxyl groups is 1. The highest BCUT2D eigenvalue weighted by Gasteiger charge is 2.39. The number of rotatable bonds is 4. The zero-order valence-corrected chi connectivity index (χ0v) is 15.2. The van der Waals surface area contributed by atoms with Crippen LogP contribution in [-0.2, 0) is 6.54 Å². The van der Waals surface area contributed by atoms with Crippen molar-refractivity contribution < 1.29 is 23.8 Å². The third-order valence-corrected chi connectivity index (χ3v) is 6.20. The van der Waals surface area contributed by atoms with Gasteiger partial charge in [0.1, 0.15) is 0 Å². The molecule has 3 rings (SSSR count). The van der Waals surface area contributed by atoms with Gasteiger partial charge in [-0.1, -0.05) is 13.5 Å². The summed E-state index contributed by atoms with van der Waals surface area (Å²) < 4.78 is 27.7. The van der Waals surface area contributed by atoms with Crippen molar-refractivity contribution in [3.05, 3.63) is 41.1 Å². The van der Waals surface area contributed by atoms with Crippen molar-refractivity contribution in [1.29, 1.82) is 0 Å². The number of halogens is 2. The third kappa shape index (κ3) is 3.00. The summed E-state index contributed by atoms with van der Waals surface area (Å²) in [7, 11) is 0. The SMILES string of the molecule is C=C(C1CCC(C(C)(O)CC)CC1)N1Cc2cc(F)c(O)c(F)c2C1=O. The number of fused-ring (bicyclic) bond motifs is 1. The van der Waals surface area contributed by atoms with Crippen LogP contribution < -0.4 is 0 Å². The lowest BCUT2D eigenvalue weighted by Gasteiger charge is -2.39. The van der Waals surface area contributed by atoms with Gasteiger partial charge in [0.05, 0.1) is 17.7 Å². The van der Waals surface area contributed by atoms with Crippen LogP contribution in [0.3, 0.4) is 0 Å². The van der Waals surface area contributed by atoms with E-state index in [1.807, 2.05) is 13.8 Å². The van der Waals surface area contributed by atoms with Crippen molar-refractivity contribution in [3.63, 3.8) is 0 Å². The molecule has 26 heavy (non-hydrogen) atoms. The van der Waals surface area contributed by atoms with E-state index in [1.54, 1.807) is 0 Å². The maximum Gasteiger partial charge on any atom is 0.261 e. The third-order valence-electron chi connectivity index (χ3n) is 6.20. The lowest BCUT2D eigenvalue weighted by atomic mass is 9.72. The van der Waals surface area contributed by atoms with Gasteiger partial charge in [-0.25, -0.2) is 8.78 Å². The average Bonchev–Trinajstić information content (AvgIpc) is 2.95. The highest BCUT2D eigenvalue weighted by atomic mass is 19.1. The van der Waals surface area contributed by atoms with Gasteiger partial charge in [0, 0.05) is 5.70 Å². The van der Waals surface area contributed by atoms with Crippen molar-refractivity contribution in [2.75, 3.05) is 0 Å². The van der Waals surface area contributed by atoms with Crippen molar-refractivity contribution in [2.45, 2.75) is 58.1 Å². The molecule has 0 bridgehead atoms. The summed E-state index contributed by atoms with van der Waals surface area (Å²) in [4.78, 5) is 14.0. The molecule has 1 heterocycles. The second-order valence-corrected chi connectivity index (χ2v) is 7.70. The average molecular weight is 365 g/mol. The lowest BCUT2D eigenvalue weighted by molar-refractivity contribution is -0.0245. The summed E-state index contributed by atoms with van der Waals surface area (Å²) in [5.74, 6) is -3.69. The highest BCUT2D eigenvalue weighted by molar-refractivity contribution is 6.00. The van der Waals surface area contributed by atoms with Crippen LogP contribution in [0.1, 0.15) is 61.9 Å². The molecule has 142 valence electrons. The van der Waals surface area contributed by atoms with Gasteiger partial charge in [-0.15, -0.1) is 0 Å². The number of allylic oxidation sites excluding steroid dienone is 1. The Hall–Kier alpha value is -1.95. The predicted octanol–water partition coefficient (Wildman–Crippen LogP) is 4.11. The number of amides is 1. The predicted molar refractivity (Wildman–Crippen MR) is 93.4 cm³/mol. The van der Waals surface area contributed by atoms with Gasteiger partial charge >= 0.3 is 0 Å². The van der Waals surface area contributed by atoms with Crippen LogP contribution in [0.5, 0.6) is 5.75 Å². The minimum Gasteiger partial charge on any atom is -0.503 e. The van der Waals surface area contributed by atoms with Gasteiger partial charge in [0.25, 0.3) is 5.91 Å². The smallest absolute Gasteiger partial charge is 0.261 e. The fourth-order valence-electron chi connectivity index (χ4n) is 4.18. The van der Waals surface area contributed by atoms with Crippen LogP contribution in [0.2, 0.25) is 0 Å². The molecule has 2 N–H and O–H groups in total. The number of nitrogens with zero attached hydrogens (tertiary/aromatic N) is 1. The highest BCUT2D eigenvalue weighted by Crippen LogP contribution is 2.42. The van der Waals surface area contributed by atoms with Crippen molar-refractivity contribution in [1.82, 2.24) is 4.90 Å². The standard InChI is InChI=1S/C20H25F2NO3/c1-4-20(3,26)14-7-5-12(6-8-14)11(2)23-10-13-9-15(21)18(24)17(22)16(13)19(23)25/h9,12,14,24,26H,2,4-8,10H2,1,3H3. The van der Waals surface area contributed by atoms with Crippen LogP contribution in [-0.4, -0.2) is 26.6 Å². The molecule has 1 unspecified atom stereocenters. The Bertz CT molecular complexity index is 752. The van der Waals surface area contributed by atoms with E-state index in [4.69, 9.17) is 0 Å². The Balaban J connectivity index is 1.73. The first-order valence-corrected chi connectivity index (χ1v) is 9.10. The molecule has 1 saturated carbocycles. The minimum absolute atomic E-state index is 0.0632. The van der Waals surface area contributed by atoms with E-state index < -0.39 is 28.9 Å². The molecule has 0 saturated heterocycles. The number of phenols is 1. The number of phenolic OH excluding ortho intramolecular Hbond substituents is 1. The topological polar surface area (TPSA) is 60.8 Å². The Labute approximate surface area is 152 Å². The Morgan fingerprint density at radius 3 is 2.54 bits per heavy atom. The molecule has 1 atom stereocenters. The Morgan fingerprint density at radius 2 is 1.96 bits per heavy atom. The van der Waals surface area contributed by atoms with Crippen LogP contribution in [0.4, 0.5) is 8.78 Å². The molecule has 2 aliphatic rings. The fraction of sp³-hybridized carbons (Fsp3) is 0.550. The Kier molecular flexibility index (Phi) is 4.82. The molecule has 1 amide bonds. The van der Waals surface area contributed by atoms with Crippen molar-refractivity contribution in [2.24, 2.45) is 11.8 Å². The zero-order valence-electron chi connectivity index (χ0n) is 15.2.